The molecule has 5 nitrogen and oxygen atoms in total. The number of anilines is 1. The normalized spacial score (nSPS) is 10.2. The number of methoxy groups -OCH3 is 1. The van der Waals surface area contributed by atoms with Gasteiger partial charge in [-0.3, -0.25) is 4.79 Å². The van der Waals surface area contributed by atoms with Crippen molar-refractivity contribution in [2.45, 2.75) is 0 Å². The molecule has 0 saturated carbocycles. The smallest absolute Gasteiger partial charge is 0.256 e. The number of pyridine rings is 1. The molecule has 88 valence electrons. The number of carbonyl (C=O) groups excluding carboxylic acids is 1. The van der Waals surface area contributed by atoms with Gasteiger partial charge in [-0.15, -0.1) is 0 Å². The number of amides is 1. The Hall–Kier alpha value is -1.33. The molecule has 0 aliphatic rings. The average Bonchev–Trinajstić information content (AvgIpc) is 2.28. The van der Waals surface area contributed by atoms with Gasteiger partial charge in [0.25, 0.3) is 5.91 Å². The number of nitrogen functional groups attached to an aromatic ring is 1. The molecule has 0 unspecified atom stereocenters. The lowest BCUT2D eigenvalue weighted by Gasteiger charge is -2.17. The lowest BCUT2D eigenvalue weighted by atomic mass is 10.2. The number of ether oxygens (including phenoxy) is 1. The van der Waals surface area contributed by atoms with E-state index in [9.17, 15) is 4.79 Å². The highest BCUT2D eigenvalue weighted by Gasteiger charge is 2.15. The first-order valence-electron chi connectivity index (χ1n) is 4.71. The van der Waals surface area contributed by atoms with Gasteiger partial charge in [0.2, 0.25) is 0 Å². The summed E-state index contributed by atoms with van der Waals surface area (Å²) in [6.07, 6.45) is 1.41. The highest BCUT2D eigenvalue weighted by molar-refractivity contribution is 6.32. The average molecular weight is 244 g/mol. The molecule has 0 saturated heterocycles. The van der Waals surface area contributed by atoms with E-state index in [0.29, 0.717) is 24.4 Å². The number of hydrogen-bond donors (Lipinski definition) is 1. The lowest BCUT2D eigenvalue weighted by Crippen LogP contribution is -2.30. The van der Waals surface area contributed by atoms with E-state index in [1.165, 1.54) is 17.2 Å². The Morgan fingerprint density at radius 2 is 2.38 bits per heavy atom. The van der Waals surface area contributed by atoms with Crippen molar-refractivity contribution in [3.8, 4) is 0 Å². The Kier molecular flexibility index (Phi) is 4.52. The van der Waals surface area contributed by atoms with Crippen LogP contribution in [0.3, 0.4) is 0 Å². The van der Waals surface area contributed by atoms with Gasteiger partial charge in [0.15, 0.2) is 0 Å². The Labute approximate surface area is 99.2 Å². The number of nitrogens with zero attached hydrogens (tertiary/aromatic N) is 2. The zero-order valence-electron chi connectivity index (χ0n) is 9.24. The van der Waals surface area contributed by atoms with Crippen molar-refractivity contribution < 1.29 is 9.53 Å². The standard InChI is InChI=1S/C10H14ClN3O2/c1-14(3-4-16-2)10(15)8-5-7(12)6-13-9(8)11/h5-6H,3-4,12H2,1-2H3. The molecule has 0 aliphatic carbocycles. The minimum atomic E-state index is -0.221. The van der Waals surface area contributed by atoms with Crippen molar-refractivity contribution in [1.82, 2.24) is 9.88 Å². The van der Waals surface area contributed by atoms with Gasteiger partial charge in [0, 0.05) is 20.7 Å². The number of likely N-dealkylation sites (N-methyl/N-ethyl adjacent to an activating group) is 1. The fourth-order valence-corrected chi connectivity index (χ4v) is 1.33. The number of hydrogen-bond acceptors (Lipinski definition) is 4. The van der Waals surface area contributed by atoms with Crippen LogP contribution in [-0.4, -0.2) is 43.1 Å². The number of aromatic nitrogens is 1. The van der Waals surface area contributed by atoms with Crippen LogP contribution in [0.25, 0.3) is 0 Å². The molecule has 0 radical (unpaired) electrons. The minimum Gasteiger partial charge on any atom is -0.397 e. The van der Waals surface area contributed by atoms with Crippen LogP contribution in [0.1, 0.15) is 10.4 Å². The van der Waals surface area contributed by atoms with E-state index in [4.69, 9.17) is 22.1 Å². The summed E-state index contributed by atoms with van der Waals surface area (Å²) in [4.78, 5) is 17.2. The van der Waals surface area contributed by atoms with E-state index in [0.717, 1.165) is 0 Å². The summed E-state index contributed by atoms with van der Waals surface area (Å²) in [6.45, 7) is 0.954. The van der Waals surface area contributed by atoms with Crippen molar-refractivity contribution in [2.24, 2.45) is 0 Å². The third kappa shape index (κ3) is 3.08. The summed E-state index contributed by atoms with van der Waals surface area (Å²) in [6, 6.07) is 1.51. The molecule has 0 atom stereocenters. The fraction of sp³-hybridized carbons (Fsp3) is 0.400. The first-order chi connectivity index (χ1) is 7.56. The van der Waals surface area contributed by atoms with E-state index < -0.39 is 0 Å². The summed E-state index contributed by atoms with van der Waals surface area (Å²) < 4.78 is 4.89. The Morgan fingerprint density at radius 1 is 1.69 bits per heavy atom. The van der Waals surface area contributed by atoms with Gasteiger partial charge in [-0.2, -0.15) is 0 Å². The predicted molar refractivity (Wildman–Crippen MR) is 62.5 cm³/mol. The maximum atomic E-state index is 11.9. The van der Waals surface area contributed by atoms with E-state index in [1.54, 1.807) is 14.2 Å². The summed E-state index contributed by atoms with van der Waals surface area (Å²) >= 11 is 5.82. The van der Waals surface area contributed by atoms with Crippen molar-refractivity contribution in [3.05, 3.63) is 23.0 Å². The zero-order valence-corrected chi connectivity index (χ0v) is 9.99. The zero-order chi connectivity index (χ0) is 12.1. The monoisotopic (exact) mass is 243 g/mol. The third-order valence-electron chi connectivity index (χ3n) is 2.07. The number of halogens is 1. The van der Waals surface area contributed by atoms with Crippen LogP contribution < -0.4 is 5.73 Å². The molecule has 6 heteroatoms. The number of nitrogens with two attached hydrogens (primary N) is 1. The second kappa shape index (κ2) is 5.67. The van der Waals surface area contributed by atoms with Gasteiger partial charge in [-0.1, -0.05) is 11.6 Å². The van der Waals surface area contributed by atoms with E-state index in [2.05, 4.69) is 4.98 Å². The second-order valence-electron chi connectivity index (χ2n) is 3.33. The summed E-state index contributed by atoms with van der Waals surface area (Å²) in [5, 5.41) is 0.156. The molecule has 0 fully saturated rings. The quantitative estimate of drug-likeness (QED) is 0.803. The van der Waals surface area contributed by atoms with Crippen molar-refractivity contribution in [2.75, 3.05) is 33.0 Å². The highest BCUT2D eigenvalue weighted by atomic mass is 35.5. The summed E-state index contributed by atoms with van der Waals surface area (Å²) in [5.41, 5.74) is 6.26. The highest BCUT2D eigenvalue weighted by Crippen LogP contribution is 2.17. The van der Waals surface area contributed by atoms with Crippen molar-refractivity contribution in [3.63, 3.8) is 0 Å². The molecule has 0 bridgehead atoms. The van der Waals surface area contributed by atoms with Crippen LogP contribution >= 0.6 is 11.6 Å². The van der Waals surface area contributed by atoms with Crippen LogP contribution in [0.5, 0.6) is 0 Å². The molecule has 1 aromatic rings. The van der Waals surface area contributed by atoms with Gasteiger partial charge in [-0.25, -0.2) is 4.98 Å². The van der Waals surface area contributed by atoms with E-state index in [1.807, 2.05) is 0 Å². The Bertz CT molecular complexity index is 384. The minimum absolute atomic E-state index is 0.156. The lowest BCUT2D eigenvalue weighted by molar-refractivity contribution is 0.0744. The van der Waals surface area contributed by atoms with Crippen LogP contribution in [0.2, 0.25) is 5.15 Å². The van der Waals surface area contributed by atoms with Crippen molar-refractivity contribution in [1.29, 1.82) is 0 Å². The van der Waals surface area contributed by atoms with E-state index in [-0.39, 0.29) is 11.1 Å². The fourth-order valence-electron chi connectivity index (χ4n) is 1.15. The molecule has 1 amide bonds. The second-order valence-corrected chi connectivity index (χ2v) is 3.68. The summed E-state index contributed by atoms with van der Waals surface area (Å²) in [5.74, 6) is -0.221. The maximum absolute atomic E-state index is 11.9. The molecule has 16 heavy (non-hydrogen) atoms. The first-order valence-corrected chi connectivity index (χ1v) is 5.09. The largest absolute Gasteiger partial charge is 0.397 e. The predicted octanol–water partition coefficient (Wildman–Crippen LogP) is 1.04. The number of rotatable bonds is 4. The van der Waals surface area contributed by atoms with Crippen LogP contribution in [0.4, 0.5) is 5.69 Å². The van der Waals surface area contributed by atoms with Gasteiger partial charge in [0.1, 0.15) is 5.15 Å². The van der Waals surface area contributed by atoms with Gasteiger partial charge in [-0.05, 0) is 6.07 Å². The Morgan fingerprint density at radius 3 is 3.00 bits per heavy atom. The topological polar surface area (TPSA) is 68.5 Å². The Balaban J connectivity index is 2.83. The maximum Gasteiger partial charge on any atom is 0.256 e. The molecular weight excluding hydrogens is 230 g/mol. The molecule has 2 N–H and O–H groups in total. The van der Waals surface area contributed by atoms with Crippen LogP contribution in [0.15, 0.2) is 12.3 Å². The van der Waals surface area contributed by atoms with Crippen molar-refractivity contribution >= 4 is 23.2 Å². The number of carbonyl (C=O) groups is 1. The third-order valence-corrected chi connectivity index (χ3v) is 2.37. The van der Waals surface area contributed by atoms with Gasteiger partial charge >= 0.3 is 0 Å². The molecule has 1 aromatic heterocycles. The first kappa shape index (κ1) is 12.7. The molecule has 1 heterocycles. The molecular formula is C10H14ClN3O2. The van der Waals surface area contributed by atoms with Crippen LogP contribution in [-0.2, 0) is 4.74 Å². The van der Waals surface area contributed by atoms with E-state index >= 15 is 0 Å². The molecule has 0 aromatic carbocycles. The SMILES string of the molecule is COCCN(C)C(=O)c1cc(N)cnc1Cl. The van der Waals surface area contributed by atoms with Gasteiger partial charge in [0.05, 0.1) is 24.1 Å². The van der Waals surface area contributed by atoms with Crippen LogP contribution in [0, 0.1) is 0 Å². The summed E-state index contributed by atoms with van der Waals surface area (Å²) in [7, 11) is 3.24. The molecule has 1 rings (SSSR count). The molecule has 0 spiro atoms. The molecule has 0 aliphatic heterocycles. The van der Waals surface area contributed by atoms with Gasteiger partial charge < -0.3 is 15.4 Å².